The minimum Gasteiger partial charge on any atom is -0.238 e. The highest BCUT2D eigenvalue weighted by atomic mass is 35.5. The van der Waals surface area contributed by atoms with Gasteiger partial charge in [0.25, 0.3) is 0 Å². The lowest BCUT2D eigenvalue weighted by molar-refractivity contribution is 0.400. The van der Waals surface area contributed by atoms with Gasteiger partial charge >= 0.3 is 0 Å². The SMILES string of the molecule is CCc1nc(CC(C)(C)C)nc(Cl)c1C. The van der Waals surface area contributed by atoms with Crippen molar-refractivity contribution < 1.29 is 0 Å². The minimum atomic E-state index is 0.198. The van der Waals surface area contributed by atoms with Crippen molar-refractivity contribution in [2.75, 3.05) is 0 Å². The number of nitrogens with zero attached hydrogens (tertiary/aromatic N) is 2. The summed E-state index contributed by atoms with van der Waals surface area (Å²) in [5.74, 6) is 0.856. The highest BCUT2D eigenvalue weighted by Gasteiger charge is 2.15. The molecule has 84 valence electrons. The van der Waals surface area contributed by atoms with Crippen LogP contribution < -0.4 is 0 Å². The fraction of sp³-hybridized carbons (Fsp3) is 0.667. The first-order valence-electron chi connectivity index (χ1n) is 5.35. The number of aromatic nitrogens is 2. The molecule has 0 bridgehead atoms. The summed E-state index contributed by atoms with van der Waals surface area (Å²) < 4.78 is 0. The molecule has 0 saturated carbocycles. The molecule has 15 heavy (non-hydrogen) atoms. The number of halogens is 1. The molecule has 2 nitrogen and oxygen atoms in total. The summed E-state index contributed by atoms with van der Waals surface area (Å²) >= 11 is 6.08. The molecule has 0 spiro atoms. The van der Waals surface area contributed by atoms with E-state index < -0.39 is 0 Å². The molecule has 0 aliphatic heterocycles. The van der Waals surface area contributed by atoms with Crippen LogP contribution >= 0.6 is 11.6 Å². The van der Waals surface area contributed by atoms with Crippen LogP contribution in [-0.4, -0.2) is 9.97 Å². The summed E-state index contributed by atoms with van der Waals surface area (Å²) in [7, 11) is 0. The Morgan fingerprint density at radius 1 is 1.20 bits per heavy atom. The highest BCUT2D eigenvalue weighted by molar-refractivity contribution is 6.30. The Hall–Kier alpha value is -0.630. The summed E-state index contributed by atoms with van der Waals surface area (Å²) in [6.07, 6.45) is 1.77. The zero-order valence-electron chi connectivity index (χ0n) is 10.2. The van der Waals surface area contributed by atoms with E-state index >= 15 is 0 Å². The van der Waals surface area contributed by atoms with Gasteiger partial charge in [-0.25, -0.2) is 9.97 Å². The third kappa shape index (κ3) is 3.45. The summed E-state index contributed by atoms with van der Waals surface area (Å²) in [4.78, 5) is 8.86. The molecule has 1 aromatic rings. The Morgan fingerprint density at radius 2 is 1.80 bits per heavy atom. The molecular formula is C12H19ClN2. The quantitative estimate of drug-likeness (QED) is 0.721. The second kappa shape index (κ2) is 4.48. The summed E-state index contributed by atoms with van der Waals surface area (Å²) in [6, 6.07) is 0. The lowest BCUT2D eigenvalue weighted by Gasteiger charge is -2.17. The van der Waals surface area contributed by atoms with Crippen LogP contribution in [0.5, 0.6) is 0 Å². The van der Waals surface area contributed by atoms with E-state index in [-0.39, 0.29) is 5.41 Å². The maximum atomic E-state index is 6.08. The average molecular weight is 227 g/mol. The Morgan fingerprint density at radius 3 is 2.27 bits per heavy atom. The topological polar surface area (TPSA) is 25.8 Å². The van der Waals surface area contributed by atoms with Crippen LogP contribution in [0.2, 0.25) is 5.15 Å². The predicted molar refractivity (Wildman–Crippen MR) is 64.3 cm³/mol. The molecule has 0 amide bonds. The van der Waals surface area contributed by atoms with Crippen molar-refractivity contribution in [2.45, 2.75) is 47.5 Å². The first-order valence-corrected chi connectivity index (χ1v) is 5.73. The fourth-order valence-corrected chi connectivity index (χ4v) is 1.69. The van der Waals surface area contributed by atoms with Gasteiger partial charge in [-0.2, -0.15) is 0 Å². The lowest BCUT2D eigenvalue weighted by Crippen LogP contribution is -2.13. The zero-order chi connectivity index (χ0) is 11.6. The summed E-state index contributed by atoms with van der Waals surface area (Å²) in [6.45, 7) is 10.6. The van der Waals surface area contributed by atoms with E-state index in [0.717, 1.165) is 29.9 Å². The maximum Gasteiger partial charge on any atom is 0.135 e. The number of aryl methyl sites for hydroxylation is 1. The number of hydrogen-bond acceptors (Lipinski definition) is 2. The van der Waals surface area contributed by atoms with Crippen molar-refractivity contribution in [3.05, 3.63) is 22.2 Å². The Kier molecular flexibility index (Phi) is 3.72. The fourth-order valence-electron chi connectivity index (χ4n) is 1.48. The summed E-state index contributed by atoms with van der Waals surface area (Å²) in [5, 5.41) is 0.598. The zero-order valence-corrected chi connectivity index (χ0v) is 10.9. The van der Waals surface area contributed by atoms with Crippen LogP contribution in [0.3, 0.4) is 0 Å². The van der Waals surface area contributed by atoms with Crippen molar-refractivity contribution in [3.63, 3.8) is 0 Å². The molecule has 0 fully saturated rings. The van der Waals surface area contributed by atoms with Crippen molar-refractivity contribution >= 4 is 11.6 Å². The van der Waals surface area contributed by atoms with E-state index in [0.29, 0.717) is 5.15 Å². The van der Waals surface area contributed by atoms with Crippen LogP contribution in [-0.2, 0) is 12.8 Å². The van der Waals surface area contributed by atoms with Crippen LogP contribution in [0.15, 0.2) is 0 Å². The first kappa shape index (κ1) is 12.4. The molecule has 1 heterocycles. The number of hydrogen-bond donors (Lipinski definition) is 0. The molecule has 0 radical (unpaired) electrons. The predicted octanol–water partition coefficient (Wildman–Crippen LogP) is 3.59. The van der Waals surface area contributed by atoms with Crippen molar-refractivity contribution in [1.29, 1.82) is 0 Å². The van der Waals surface area contributed by atoms with E-state index in [1.807, 2.05) is 6.92 Å². The van der Waals surface area contributed by atoms with E-state index in [9.17, 15) is 0 Å². The molecule has 0 unspecified atom stereocenters. The van der Waals surface area contributed by atoms with Crippen LogP contribution in [0.25, 0.3) is 0 Å². The number of rotatable bonds is 2. The van der Waals surface area contributed by atoms with Gasteiger partial charge < -0.3 is 0 Å². The van der Waals surface area contributed by atoms with Crippen LogP contribution in [0, 0.1) is 12.3 Å². The molecule has 0 N–H and O–H groups in total. The molecule has 0 saturated heterocycles. The Balaban J connectivity index is 3.06. The van der Waals surface area contributed by atoms with Gasteiger partial charge in [-0.3, -0.25) is 0 Å². The van der Waals surface area contributed by atoms with Gasteiger partial charge in [0, 0.05) is 17.7 Å². The third-order valence-electron chi connectivity index (χ3n) is 2.26. The van der Waals surface area contributed by atoms with Crippen molar-refractivity contribution in [1.82, 2.24) is 9.97 Å². The van der Waals surface area contributed by atoms with Gasteiger partial charge in [-0.05, 0) is 18.8 Å². The molecule has 1 rings (SSSR count). The van der Waals surface area contributed by atoms with Gasteiger partial charge in [-0.15, -0.1) is 0 Å². The average Bonchev–Trinajstić information content (AvgIpc) is 2.08. The first-order chi connectivity index (χ1) is 6.83. The third-order valence-corrected chi connectivity index (χ3v) is 2.62. The Labute approximate surface area is 97.1 Å². The van der Waals surface area contributed by atoms with Gasteiger partial charge in [-0.1, -0.05) is 39.3 Å². The smallest absolute Gasteiger partial charge is 0.135 e. The second-order valence-corrected chi connectivity index (χ2v) is 5.45. The van der Waals surface area contributed by atoms with Crippen LogP contribution in [0.4, 0.5) is 0 Å². The lowest BCUT2D eigenvalue weighted by atomic mass is 9.92. The van der Waals surface area contributed by atoms with Gasteiger partial charge in [0.05, 0.1) is 0 Å². The normalized spacial score (nSPS) is 11.9. The van der Waals surface area contributed by atoms with E-state index in [1.54, 1.807) is 0 Å². The monoisotopic (exact) mass is 226 g/mol. The van der Waals surface area contributed by atoms with E-state index in [1.165, 1.54) is 0 Å². The molecular weight excluding hydrogens is 208 g/mol. The van der Waals surface area contributed by atoms with Gasteiger partial charge in [0.15, 0.2) is 0 Å². The highest BCUT2D eigenvalue weighted by Crippen LogP contribution is 2.22. The Bertz CT molecular complexity index is 353. The molecule has 3 heteroatoms. The summed E-state index contributed by atoms with van der Waals surface area (Å²) in [5.41, 5.74) is 2.27. The van der Waals surface area contributed by atoms with E-state index in [4.69, 9.17) is 11.6 Å². The van der Waals surface area contributed by atoms with Crippen molar-refractivity contribution in [2.24, 2.45) is 5.41 Å². The molecule has 0 aliphatic carbocycles. The second-order valence-electron chi connectivity index (χ2n) is 5.09. The molecule has 0 aliphatic rings. The maximum absolute atomic E-state index is 6.08. The standard InChI is InChI=1S/C12H19ClN2/c1-6-9-8(2)11(13)15-10(14-9)7-12(3,4)5/h6-7H2,1-5H3. The largest absolute Gasteiger partial charge is 0.238 e. The molecule has 0 atom stereocenters. The van der Waals surface area contributed by atoms with Crippen LogP contribution in [0.1, 0.15) is 44.8 Å². The minimum absolute atomic E-state index is 0.198. The molecule has 0 aromatic carbocycles. The van der Waals surface area contributed by atoms with Gasteiger partial charge in [0.2, 0.25) is 0 Å². The van der Waals surface area contributed by atoms with Gasteiger partial charge in [0.1, 0.15) is 11.0 Å². The van der Waals surface area contributed by atoms with E-state index in [2.05, 4.69) is 37.7 Å². The van der Waals surface area contributed by atoms with Crippen molar-refractivity contribution in [3.8, 4) is 0 Å². The molecule has 1 aromatic heterocycles.